The fourth-order valence-corrected chi connectivity index (χ4v) is 2.18. The lowest BCUT2D eigenvalue weighted by Gasteiger charge is -2.19. The highest BCUT2D eigenvalue weighted by molar-refractivity contribution is 6.04. The van der Waals surface area contributed by atoms with E-state index in [0.29, 0.717) is 17.1 Å². The molecule has 2 N–H and O–H groups in total. The van der Waals surface area contributed by atoms with E-state index in [9.17, 15) is 9.59 Å². The van der Waals surface area contributed by atoms with Gasteiger partial charge in [-0.2, -0.15) is 5.10 Å². The van der Waals surface area contributed by atoms with Crippen molar-refractivity contribution < 1.29 is 14.3 Å². The molecule has 0 saturated carbocycles. The highest BCUT2D eigenvalue weighted by Gasteiger charge is 2.19. The standard InChI is InChI=1S/C17H16N4O3/c1-21-17(23)24-11-15(20-21)12-7-9-14(10-8-12)19-16(22)18-13-5-3-2-4-6-13/h2-10H,11H2,1H3,(H2,18,19,22). The molecule has 3 rings (SSSR count). The third-order valence-corrected chi connectivity index (χ3v) is 3.37. The van der Waals surface area contributed by atoms with Crippen LogP contribution in [0.5, 0.6) is 0 Å². The van der Waals surface area contributed by atoms with Gasteiger partial charge in [0.25, 0.3) is 0 Å². The van der Waals surface area contributed by atoms with Crippen LogP contribution in [0.2, 0.25) is 0 Å². The van der Waals surface area contributed by atoms with Crippen molar-refractivity contribution in [1.82, 2.24) is 5.01 Å². The van der Waals surface area contributed by atoms with Gasteiger partial charge in [0, 0.05) is 24.0 Å². The Balaban J connectivity index is 1.63. The molecule has 122 valence electrons. The lowest BCUT2D eigenvalue weighted by atomic mass is 10.1. The molecule has 1 aliphatic heterocycles. The Bertz CT molecular complexity index is 772. The van der Waals surface area contributed by atoms with E-state index in [2.05, 4.69) is 15.7 Å². The van der Waals surface area contributed by atoms with Gasteiger partial charge >= 0.3 is 12.1 Å². The van der Waals surface area contributed by atoms with E-state index in [1.54, 1.807) is 12.1 Å². The van der Waals surface area contributed by atoms with Crippen LogP contribution in [-0.4, -0.2) is 36.5 Å². The van der Waals surface area contributed by atoms with Crippen molar-refractivity contribution in [2.75, 3.05) is 24.3 Å². The summed E-state index contributed by atoms with van der Waals surface area (Å²) in [6.07, 6.45) is -0.477. The third-order valence-electron chi connectivity index (χ3n) is 3.37. The van der Waals surface area contributed by atoms with Gasteiger partial charge in [-0.3, -0.25) is 0 Å². The Hall–Kier alpha value is -3.35. The van der Waals surface area contributed by atoms with E-state index < -0.39 is 6.09 Å². The minimum atomic E-state index is -0.477. The number of hydrazone groups is 1. The summed E-state index contributed by atoms with van der Waals surface area (Å²) in [6.45, 7) is 0.129. The van der Waals surface area contributed by atoms with Crippen LogP contribution in [0.4, 0.5) is 21.0 Å². The second kappa shape index (κ2) is 6.82. The first-order valence-electron chi connectivity index (χ1n) is 7.33. The van der Waals surface area contributed by atoms with Crippen molar-refractivity contribution >= 4 is 29.2 Å². The minimum absolute atomic E-state index is 0.129. The largest absolute Gasteiger partial charge is 0.442 e. The number of hydrogen-bond acceptors (Lipinski definition) is 4. The predicted molar refractivity (Wildman–Crippen MR) is 91.2 cm³/mol. The van der Waals surface area contributed by atoms with Crippen LogP contribution in [0.25, 0.3) is 0 Å². The van der Waals surface area contributed by atoms with Gasteiger partial charge in [0.1, 0.15) is 12.3 Å². The van der Waals surface area contributed by atoms with E-state index in [4.69, 9.17) is 4.74 Å². The fraction of sp³-hybridized carbons (Fsp3) is 0.118. The summed E-state index contributed by atoms with van der Waals surface area (Å²) >= 11 is 0. The van der Waals surface area contributed by atoms with Crippen LogP contribution < -0.4 is 10.6 Å². The number of benzene rings is 2. The lowest BCUT2D eigenvalue weighted by Crippen LogP contribution is -2.32. The summed E-state index contributed by atoms with van der Waals surface area (Å²) in [5.41, 5.74) is 2.84. The Kier molecular flexibility index (Phi) is 4.42. The molecule has 1 aliphatic rings. The lowest BCUT2D eigenvalue weighted by molar-refractivity contribution is 0.117. The minimum Gasteiger partial charge on any atom is -0.442 e. The smallest absolute Gasteiger partial charge is 0.430 e. The zero-order valence-corrected chi connectivity index (χ0v) is 13.0. The van der Waals surface area contributed by atoms with Crippen molar-refractivity contribution in [2.45, 2.75) is 0 Å². The zero-order chi connectivity index (χ0) is 16.9. The third kappa shape index (κ3) is 3.70. The Morgan fingerprint density at radius 2 is 1.67 bits per heavy atom. The van der Waals surface area contributed by atoms with Crippen molar-refractivity contribution in [2.24, 2.45) is 5.10 Å². The summed E-state index contributed by atoms with van der Waals surface area (Å²) in [5.74, 6) is 0. The number of nitrogens with one attached hydrogen (secondary N) is 2. The fourth-order valence-electron chi connectivity index (χ4n) is 2.18. The first kappa shape index (κ1) is 15.5. The molecule has 7 nitrogen and oxygen atoms in total. The second-order valence-electron chi connectivity index (χ2n) is 5.15. The molecular formula is C17H16N4O3. The van der Waals surface area contributed by atoms with Crippen LogP contribution >= 0.6 is 0 Å². The molecule has 24 heavy (non-hydrogen) atoms. The summed E-state index contributed by atoms with van der Waals surface area (Å²) in [7, 11) is 1.53. The SMILES string of the molecule is CN1N=C(c2ccc(NC(=O)Nc3ccccc3)cc2)COC1=O. The maximum atomic E-state index is 11.9. The number of urea groups is 1. The van der Waals surface area contributed by atoms with E-state index in [-0.39, 0.29) is 12.6 Å². The quantitative estimate of drug-likeness (QED) is 0.910. The number of ether oxygens (including phenoxy) is 1. The molecule has 0 bridgehead atoms. The summed E-state index contributed by atoms with van der Waals surface area (Å²) in [4.78, 5) is 23.2. The number of nitrogens with zero attached hydrogens (tertiary/aromatic N) is 2. The molecule has 1 heterocycles. The second-order valence-corrected chi connectivity index (χ2v) is 5.15. The van der Waals surface area contributed by atoms with Gasteiger partial charge in [0.05, 0.1) is 0 Å². The molecule has 0 atom stereocenters. The van der Waals surface area contributed by atoms with Crippen molar-refractivity contribution in [3.63, 3.8) is 0 Å². The maximum Gasteiger partial charge on any atom is 0.430 e. The average Bonchev–Trinajstić information content (AvgIpc) is 2.59. The molecule has 0 aromatic heterocycles. The molecule has 0 aliphatic carbocycles. The maximum absolute atomic E-state index is 11.9. The molecule has 3 amide bonds. The van der Waals surface area contributed by atoms with Crippen LogP contribution in [0.15, 0.2) is 59.7 Å². The Morgan fingerprint density at radius 3 is 2.29 bits per heavy atom. The van der Waals surface area contributed by atoms with Crippen LogP contribution in [0, 0.1) is 0 Å². The summed E-state index contributed by atoms with van der Waals surface area (Å²) < 4.78 is 4.99. The molecule has 0 unspecified atom stereocenters. The molecule has 0 saturated heterocycles. The van der Waals surface area contributed by atoms with Crippen LogP contribution in [0.3, 0.4) is 0 Å². The van der Waals surface area contributed by atoms with Gasteiger partial charge < -0.3 is 15.4 Å². The van der Waals surface area contributed by atoms with E-state index >= 15 is 0 Å². The molecule has 0 spiro atoms. The first-order chi connectivity index (χ1) is 11.6. The number of para-hydroxylation sites is 1. The summed E-state index contributed by atoms with van der Waals surface area (Å²) in [6, 6.07) is 16.0. The average molecular weight is 324 g/mol. The van der Waals surface area contributed by atoms with Gasteiger partial charge in [0.15, 0.2) is 0 Å². The van der Waals surface area contributed by atoms with Crippen molar-refractivity contribution in [1.29, 1.82) is 0 Å². The van der Waals surface area contributed by atoms with Crippen LogP contribution in [-0.2, 0) is 4.74 Å². The molecule has 0 fully saturated rings. The molecule has 7 heteroatoms. The normalized spacial score (nSPS) is 13.8. The zero-order valence-electron chi connectivity index (χ0n) is 13.0. The first-order valence-corrected chi connectivity index (χ1v) is 7.33. The number of carbonyl (C=O) groups excluding carboxylic acids is 2. The number of carbonyl (C=O) groups is 2. The van der Waals surface area contributed by atoms with E-state index in [1.165, 1.54) is 7.05 Å². The highest BCUT2D eigenvalue weighted by atomic mass is 16.6. The Labute approximate surface area is 138 Å². The number of cyclic esters (lactones) is 1. The van der Waals surface area contributed by atoms with Gasteiger partial charge in [-0.05, 0) is 24.3 Å². The topological polar surface area (TPSA) is 83.0 Å². The van der Waals surface area contributed by atoms with Crippen LogP contribution in [0.1, 0.15) is 5.56 Å². The van der Waals surface area contributed by atoms with Crippen molar-refractivity contribution in [3.8, 4) is 0 Å². The van der Waals surface area contributed by atoms with Gasteiger partial charge in [0.2, 0.25) is 0 Å². The molecule has 0 radical (unpaired) electrons. The number of hydrogen-bond donors (Lipinski definition) is 2. The molecular weight excluding hydrogens is 308 g/mol. The summed E-state index contributed by atoms with van der Waals surface area (Å²) in [5, 5.41) is 10.8. The number of rotatable bonds is 3. The van der Waals surface area contributed by atoms with E-state index in [1.807, 2.05) is 42.5 Å². The monoisotopic (exact) mass is 324 g/mol. The molecule has 2 aromatic carbocycles. The predicted octanol–water partition coefficient (Wildman–Crippen LogP) is 3.12. The number of anilines is 2. The van der Waals surface area contributed by atoms with Gasteiger partial charge in [-0.15, -0.1) is 0 Å². The van der Waals surface area contributed by atoms with Gasteiger partial charge in [-0.1, -0.05) is 30.3 Å². The van der Waals surface area contributed by atoms with Crippen molar-refractivity contribution in [3.05, 3.63) is 60.2 Å². The Morgan fingerprint density at radius 1 is 1.04 bits per heavy atom. The van der Waals surface area contributed by atoms with Gasteiger partial charge in [-0.25, -0.2) is 14.6 Å². The number of amides is 3. The molecule has 2 aromatic rings. The van der Waals surface area contributed by atoms with E-state index in [0.717, 1.165) is 10.6 Å². The highest BCUT2D eigenvalue weighted by Crippen LogP contribution is 2.14.